The summed E-state index contributed by atoms with van der Waals surface area (Å²) in [5, 5.41) is 0. The number of halogens is 2. The van der Waals surface area contributed by atoms with E-state index in [0.717, 1.165) is 5.56 Å². The molecule has 2 N–H and O–H groups in total. The van der Waals surface area contributed by atoms with E-state index in [1.807, 2.05) is 6.07 Å². The van der Waals surface area contributed by atoms with Gasteiger partial charge in [0.15, 0.2) is 0 Å². The van der Waals surface area contributed by atoms with E-state index in [9.17, 15) is 4.39 Å². The van der Waals surface area contributed by atoms with Crippen LogP contribution < -0.4 is 5.73 Å². The van der Waals surface area contributed by atoms with Crippen LogP contribution in [0.4, 0.5) is 4.39 Å². The van der Waals surface area contributed by atoms with E-state index in [0.29, 0.717) is 22.9 Å². The van der Waals surface area contributed by atoms with Crippen LogP contribution in [-0.2, 0) is 0 Å². The smallest absolute Gasteiger partial charge is 0.137 e. The maximum Gasteiger partial charge on any atom is 0.137 e. The maximum atomic E-state index is 13.4. The highest BCUT2D eigenvalue weighted by molar-refractivity contribution is 9.10. The molecule has 15 heavy (non-hydrogen) atoms. The van der Waals surface area contributed by atoms with Crippen molar-refractivity contribution in [3.63, 3.8) is 0 Å². The lowest BCUT2D eigenvalue weighted by molar-refractivity contribution is 0.558. The summed E-state index contributed by atoms with van der Waals surface area (Å²) in [6.45, 7) is 5.06. The first-order valence-corrected chi connectivity index (χ1v) is 5.92. The lowest BCUT2D eigenvalue weighted by atomic mass is 10.0. The molecule has 1 aromatic rings. The molecule has 1 fully saturated rings. The van der Waals surface area contributed by atoms with E-state index < -0.39 is 0 Å². The molecule has 2 rings (SSSR count). The highest BCUT2D eigenvalue weighted by atomic mass is 79.9. The Labute approximate surface area is 98.0 Å². The van der Waals surface area contributed by atoms with Crippen molar-refractivity contribution in [2.75, 3.05) is 6.54 Å². The van der Waals surface area contributed by atoms with Gasteiger partial charge in [-0.15, -0.1) is 0 Å². The highest BCUT2D eigenvalue weighted by Gasteiger charge is 2.57. The van der Waals surface area contributed by atoms with Crippen LogP contribution in [0, 0.1) is 17.2 Å². The van der Waals surface area contributed by atoms with Gasteiger partial charge in [-0.25, -0.2) is 4.39 Å². The first kappa shape index (κ1) is 11.1. The third kappa shape index (κ3) is 1.72. The lowest BCUT2D eigenvalue weighted by Crippen LogP contribution is -2.05. The van der Waals surface area contributed by atoms with Crippen molar-refractivity contribution in [3.05, 3.63) is 34.1 Å². The van der Waals surface area contributed by atoms with Crippen molar-refractivity contribution in [2.24, 2.45) is 17.1 Å². The molecule has 0 amide bonds. The Morgan fingerprint density at radius 2 is 2.13 bits per heavy atom. The van der Waals surface area contributed by atoms with Crippen molar-refractivity contribution < 1.29 is 4.39 Å². The van der Waals surface area contributed by atoms with E-state index in [-0.39, 0.29) is 11.2 Å². The summed E-state index contributed by atoms with van der Waals surface area (Å²) in [5.74, 6) is 0.703. The SMILES string of the molecule is CC1(C)[C@H](CN)[C@H]1c1ccc(Br)c(F)c1. The van der Waals surface area contributed by atoms with Gasteiger partial charge in [-0.1, -0.05) is 19.9 Å². The summed E-state index contributed by atoms with van der Waals surface area (Å²) < 4.78 is 13.9. The molecule has 1 nitrogen and oxygen atoms in total. The molecule has 0 aromatic heterocycles. The zero-order chi connectivity index (χ0) is 11.2. The molecule has 0 spiro atoms. The molecule has 82 valence electrons. The number of rotatable bonds is 2. The van der Waals surface area contributed by atoms with Crippen molar-refractivity contribution in [2.45, 2.75) is 19.8 Å². The molecule has 0 radical (unpaired) electrons. The van der Waals surface area contributed by atoms with Crippen LogP contribution in [0.1, 0.15) is 25.3 Å². The third-order valence-electron chi connectivity index (χ3n) is 3.61. The summed E-state index contributed by atoms with van der Waals surface area (Å²) >= 11 is 3.16. The van der Waals surface area contributed by atoms with Crippen molar-refractivity contribution >= 4 is 15.9 Å². The van der Waals surface area contributed by atoms with Crippen LogP contribution in [0.2, 0.25) is 0 Å². The Balaban J connectivity index is 2.29. The average Bonchev–Trinajstić information content (AvgIpc) is 2.73. The van der Waals surface area contributed by atoms with E-state index in [1.165, 1.54) is 0 Å². The molecule has 0 bridgehead atoms. The van der Waals surface area contributed by atoms with E-state index in [1.54, 1.807) is 12.1 Å². The van der Waals surface area contributed by atoms with Gasteiger partial charge in [0.05, 0.1) is 4.47 Å². The predicted molar refractivity (Wildman–Crippen MR) is 63.2 cm³/mol. The number of hydrogen-bond acceptors (Lipinski definition) is 1. The van der Waals surface area contributed by atoms with Crippen LogP contribution in [-0.4, -0.2) is 6.54 Å². The Hall–Kier alpha value is -0.410. The van der Waals surface area contributed by atoms with Gasteiger partial charge in [-0.3, -0.25) is 0 Å². The van der Waals surface area contributed by atoms with Crippen LogP contribution in [0.15, 0.2) is 22.7 Å². The minimum absolute atomic E-state index is 0.189. The molecule has 0 unspecified atom stereocenters. The molecular formula is C12H15BrFN. The molecule has 1 aromatic carbocycles. The third-order valence-corrected chi connectivity index (χ3v) is 4.25. The summed E-state index contributed by atoms with van der Waals surface area (Å²) in [6.07, 6.45) is 0. The van der Waals surface area contributed by atoms with Gasteiger partial charge < -0.3 is 5.73 Å². The first-order valence-electron chi connectivity index (χ1n) is 5.13. The Kier molecular flexibility index (Phi) is 2.63. The fourth-order valence-corrected chi connectivity index (χ4v) is 2.80. The lowest BCUT2D eigenvalue weighted by Gasteiger charge is -2.04. The van der Waals surface area contributed by atoms with Crippen molar-refractivity contribution in [1.82, 2.24) is 0 Å². The summed E-state index contributed by atoms with van der Waals surface area (Å²) in [5.41, 5.74) is 6.99. The molecule has 0 heterocycles. The normalized spacial score (nSPS) is 27.8. The van der Waals surface area contributed by atoms with Gasteiger partial charge in [0.2, 0.25) is 0 Å². The van der Waals surface area contributed by atoms with Crippen molar-refractivity contribution in [1.29, 1.82) is 0 Å². The van der Waals surface area contributed by atoms with Crippen molar-refractivity contribution in [3.8, 4) is 0 Å². The zero-order valence-electron chi connectivity index (χ0n) is 8.93. The fourth-order valence-electron chi connectivity index (χ4n) is 2.55. The standard InChI is InChI=1S/C12H15BrFN/c1-12(2)8(6-15)11(12)7-3-4-9(13)10(14)5-7/h3-5,8,11H,6,15H2,1-2H3/t8-,11-/m1/s1. The first-order chi connectivity index (χ1) is 6.98. The van der Waals surface area contributed by atoms with E-state index in [2.05, 4.69) is 29.8 Å². The Morgan fingerprint density at radius 3 is 2.60 bits per heavy atom. The van der Waals surface area contributed by atoms with Gasteiger partial charge >= 0.3 is 0 Å². The van der Waals surface area contributed by atoms with E-state index in [4.69, 9.17) is 5.73 Å². The largest absolute Gasteiger partial charge is 0.330 e. The topological polar surface area (TPSA) is 26.0 Å². The van der Waals surface area contributed by atoms with Crippen LogP contribution in [0.5, 0.6) is 0 Å². The minimum Gasteiger partial charge on any atom is -0.330 e. The molecule has 0 saturated heterocycles. The number of benzene rings is 1. The van der Waals surface area contributed by atoms with Gasteiger partial charge in [-0.05, 0) is 57.4 Å². The van der Waals surface area contributed by atoms with Gasteiger partial charge in [0, 0.05) is 0 Å². The molecule has 1 saturated carbocycles. The quantitative estimate of drug-likeness (QED) is 0.878. The van der Waals surface area contributed by atoms with Crippen LogP contribution in [0.25, 0.3) is 0 Å². The fraction of sp³-hybridized carbons (Fsp3) is 0.500. The molecule has 0 aliphatic heterocycles. The second-order valence-corrected chi connectivity index (χ2v) is 5.67. The summed E-state index contributed by atoms with van der Waals surface area (Å²) in [7, 11) is 0. The van der Waals surface area contributed by atoms with Gasteiger partial charge in [0.1, 0.15) is 5.82 Å². The monoisotopic (exact) mass is 271 g/mol. The second-order valence-electron chi connectivity index (χ2n) is 4.81. The number of hydrogen-bond donors (Lipinski definition) is 1. The number of nitrogens with two attached hydrogens (primary N) is 1. The summed E-state index contributed by atoms with van der Waals surface area (Å²) in [6, 6.07) is 5.37. The Morgan fingerprint density at radius 1 is 1.47 bits per heavy atom. The predicted octanol–water partition coefficient (Wildman–Crippen LogP) is 3.29. The second kappa shape index (κ2) is 3.56. The molecular weight excluding hydrogens is 257 g/mol. The van der Waals surface area contributed by atoms with Crippen LogP contribution >= 0.6 is 15.9 Å². The minimum atomic E-state index is -0.189. The maximum absolute atomic E-state index is 13.4. The molecule has 1 aliphatic rings. The zero-order valence-corrected chi connectivity index (χ0v) is 10.5. The van der Waals surface area contributed by atoms with Gasteiger partial charge in [0.25, 0.3) is 0 Å². The molecule has 3 heteroatoms. The summed E-state index contributed by atoms with van der Waals surface area (Å²) in [4.78, 5) is 0. The average molecular weight is 272 g/mol. The molecule has 2 atom stereocenters. The van der Waals surface area contributed by atoms with E-state index >= 15 is 0 Å². The Bertz CT molecular complexity index is 389. The van der Waals surface area contributed by atoms with Crippen LogP contribution in [0.3, 0.4) is 0 Å². The van der Waals surface area contributed by atoms with Gasteiger partial charge in [-0.2, -0.15) is 0 Å². The molecule has 1 aliphatic carbocycles. The highest BCUT2D eigenvalue weighted by Crippen LogP contribution is 2.63.